The minimum absolute atomic E-state index is 0.244. The molecular formula is C22H15N5OS. The number of hydrogen-bond donors (Lipinski definition) is 1. The van der Waals surface area contributed by atoms with Crippen molar-refractivity contribution in [3.8, 4) is 16.3 Å². The Morgan fingerprint density at radius 1 is 1.03 bits per heavy atom. The predicted octanol–water partition coefficient (Wildman–Crippen LogP) is 4.80. The van der Waals surface area contributed by atoms with Gasteiger partial charge in [-0.25, -0.2) is 9.67 Å². The van der Waals surface area contributed by atoms with E-state index in [0.29, 0.717) is 11.4 Å². The first kappa shape index (κ1) is 17.3. The number of nitrogens with zero attached hydrogens (tertiary/aromatic N) is 4. The molecule has 2 aromatic carbocycles. The van der Waals surface area contributed by atoms with Gasteiger partial charge in [0.05, 0.1) is 17.4 Å². The van der Waals surface area contributed by atoms with Crippen molar-refractivity contribution in [1.29, 1.82) is 0 Å². The maximum atomic E-state index is 12.6. The molecule has 7 heteroatoms. The van der Waals surface area contributed by atoms with Crippen molar-refractivity contribution < 1.29 is 4.79 Å². The lowest BCUT2D eigenvalue weighted by Crippen LogP contribution is -2.12. The number of anilines is 1. The van der Waals surface area contributed by atoms with Crippen molar-refractivity contribution in [2.75, 3.05) is 5.32 Å². The summed E-state index contributed by atoms with van der Waals surface area (Å²) < 4.78 is 1.79. The molecule has 6 nitrogen and oxygen atoms in total. The summed E-state index contributed by atoms with van der Waals surface area (Å²) in [5, 5.41) is 10.8. The average molecular weight is 397 g/mol. The molecule has 1 N–H and O–H groups in total. The van der Waals surface area contributed by atoms with Crippen LogP contribution in [0.2, 0.25) is 0 Å². The summed E-state index contributed by atoms with van der Waals surface area (Å²) in [5.41, 5.74) is 3.82. The molecule has 0 spiro atoms. The topological polar surface area (TPSA) is 72.7 Å². The molecular weight excluding hydrogens is 382 g/mol. The Balaban J connectivity index is 1.35. The number of rotatable bonds is 4. The zero-order chi connectivity index (χ0) is 19.6. The smallest absolute Gasteiger partial charge is 0.275 e. The van der Waals surface area contributed by atoms with E-state index in [1.54, 1.807) is 22.5 Å². The summed E-state index contributed by atoms with van der Waals surface area (Å²) in [6.45, 7) is 0. The number of fused-ring (bicyclic) bond motifs is 1. The molecule has 0 saturated heterocycles. The third-order valence-electron chi connectivity index (χ3n) is 4.45. The zero-order valence-electron chi connectivity index (χ0n) is 15.2. The van der Waals surface area contributed by atoms with Crippen LogP contribution in [0.3, 0.4) is 0 Å². The summed E-state index contributed by atoms with van der Waals surface area (Å²) in [7, 11) is 0. The second-order valence-electron chi connectivity index (χ2n) is 6.41. The fraction of sp³-hybridized carbons (Fsp3) is 0. The van der Waals surface area contributed by atoms with Crippen molar-refractivity contribution in [3.05, 3.63) is 90.3 Å². The van der Waals surface area contributed by atoms with Gasteiger partial charge in [-0.05, 0) is 36.4 Å². The van der Waals surface area contributed by atoms with Crippen molar-refractivity contribution in [2.24, 2.45) is 0 Å². The van der Waals surface area contributed by atoms with Crippen LogP contribution in [0.15, 0.2) is 84.6 Å². The molecule has 29 heavy (non-hydrogen) atoms. The molecule has 5 aromatic rings. The van der Waals surface area contributed by atoms with E-state index in [1.807, 2.05) is 66.9 Å². The molecule has 0 atom stereocenters. The van der Waals surface area contributed by atoms with Crippen molar-refractivity contribution >= 4 is 33.8 Å². The minimum Gasteiger partial charge on any atom is -0.321 e. The van der Waals surface area contributed by atoms with Gasteiger partial charge < -0.3 is 5.32 Å². The maximum absolute atomic E-state index is 12.6. The number of thiazole rings is 1. The van der Waals surface area contributed by atoms with Crippen LogP contribution in [0.5, 0.6) is 0 Å². The average Bonchev–Trinajstić information content (AvgIpc) is 3.44. The summed E-state index contributed by atoms with van der Waals surface area (Å²) in [5.74, 6) is -0.244. The number of pyridine rings is 1. The van der Waals surface area contributed by atoms with Gasteiger partial charge in [-0.3, -0.25) is 9.78 Å². The lowest BCUT2D eigenvalue weighted by atomic mass is 10.2. The Morgan fingerprint density at radius 2 is 1.93 bits per heavy atom. The van der Waals surface area contributed by atoms with E-state index in [2.05, 4.69) is 20.4 Å². The van der Waals surface area contributed by atoms with E-state index in [1.165, 1.54) is 11.3 Å². The fourth-order valence-electron chi connectivity index (χ4n) is 3.01. The highest BCUT2D eigenvalue weighted by Crippen LogP contribution is 2.25. The largest absolute Gasteiger partial charge is 0.321 e. The van der Waals surface area contributed by atoms with Gasteiger partial charge in [0.25, 0.3) is 5.91 Å². The number of para-hydroxylation sites is 1. The van der Waals surface area contributed by atoms with E-state index in [9.17, 15) is 4.79 Å². The standard InChI is InChI=1S/C22H15N5OS/c28-21(25-17-8-9-19-15(11-17)5-4-10-23-19)20-14-29-22(26-20)16-12-24-27(13-16)18-6-2-1-3-7-18/h1-14H,(H,25,28). The van der Waals surface area contributed by atoms with Crippen LogP contribution in [0.1, 0.15) is 10.5 Å². The molecule has 0 radical (unpaired) electrons. The number of carbonyl (C=O) groups excluding carboxylic acids is 1. The summed E-state index contributed by atoms with van der Waals surface area (Å²) in [6, 6.07) is 19.3. The van der Waals surface area contributed by atoms with E-state index < -0.39 is 0 Å². The molecule has 0 aliphatic carbocycles. The first-order valence-corrected chi connectivity index (χ1v) is 9.86. The molecule has 3 aromatic heterocycles. The van der Waals surface area contributed by atoms with E-state index >= 15 is 0 Å². The third-order valence-corrected chi connectivity index (χ3v) is 5.34. The summed E-state index contributed by atoms with van der Waals surface area (Å²) in [6.07, 6.45) is 5.41. The SMILES string of the molecule is O=C(Nc1ccc2ncccc2c1)c1csc(-c2cnn(-c3ccccc3)c2)n1. The summed E-state index contributed by atoms with van der Waals surface area (Å²) >= 11 is 1.42. The molecule has 0 aliphatic heterocycles. The first-order valence-electron chi connectivity index (χ1n) is 8.98. The van der Waals surface area contributed by atoms with Crippen LogP contribution in [-0.4, -0.2) is 25.7 Å². The van der Waals surface area contributed by atoms with E-state index in [-0.39, 0.29) is 5.91 Å². The van der Waals surface area contributed by atoms with Crippen molar-refractivity contribution in [1.82, 2.24) is 19.7 Å². The number of benzene rings is 2. The lowest BCUT2D eigenvalue weighted by molar-refractivity contribution is 0.102. The number of amides is 1. The van der Waals surface area contributed by atoms with Gasteiger partial charge in [-0.1, -0.05) is 24.3 Å². The Labute approximate surface area is 170 Å². The van der Waals surface area contributed by atoms with Crippen LogP contribution < -0.4 is 5.32 Å². The molecule has 0 saturated carbocycles. The van der Waals surface area contributed by atoms with Crippen LogP contribution in [0, 0.1) is 0 Å². The molecule has 5 rings (SSSR count). The number of hydrogen-bond acceptors (Lipinski definition) is 5. The molecule has 1 amide bonds. The second-order valence-corrected chi connectivity index (χ2v) is 7.27. The normalized spacial score (nSPS) is 10.9. The number of carbonyl (C=O) groups is 1. The van der Waals surface area contributed by atoms with Gasteiger partial charge in [-0.2, -0.15) is 5.10 Å². The van der Waals surface area contributed by atoms with Gasteiger partial charge in [0, 0.05) is 34.4 Å². The van der Waals surface area contributed by atoms with Crippen molar-refractivity contribution in [2.45, 2.75) is 0 Å². The zero-order valence-corrected chi connectivity index (χ0v) is 16.0. The molecule has 0 unspecified atom stereocenters. The van der Waals surface area contributed by atoms with Crippen LogP contribution in [0.25, 0.3) is 27.2 Å². The highest BCUT2D eigenvalue weighted by atomic mass is 32.1. The minimum atomic E-state index is -0.244. The summed E-state index contributed by atoms with van der Waals surface area (Å²) in [4.78, 5) is 21.4. The van der Waals surface area contributed by atoms with Gasteiger partial charge in [0.2, 0.25) is 0 Å². The fourth-order valence-corrected chi connectivity index (χ4v) is 3.79. The van der Waals surface area contributed by atoms with Crippen molar-refractivity contribution in [3.63, 3.8) is 0 Å². The van der Waals surface area contributed by atoms with Crippen LogP contribution in [-0.2, 0) is 0 Å². The van der Waals surface area contributed by atoms with Gasteiger partial charge in [0.15, 0.2) is 0 Å². The van der Waals surface area contributed by atoms with Gasteiger partial charge >= 0.3 is 0 Å². The highest BCUT2D eigenvalue weighted by Gasteiger charge is 2.14. The van der Waals surface area contributed by atoms with Crippen LogP contribution in [0.4, 0.5) is 5.69 Å². The van der Waals surface area contributed by atoms with E-state index in [0.717, 1.165) is 27.2 Å². The monoisotopic (exact) mass is 397 g/mol. The van der Waals surface area contributed by atoms with Gasteiger partial charge in [0.1, 0.15) is 10.7 Å². The molecule has 3 heterocycles. The Bertz CT molecular complexity index is 1310. The third kappa shape index (κ3) is 3.51. The molecule has 140 valence electrons. The molecule has 0 bridgehead atoms. The lowest BCUT2D eigenvalue weighted by Gasteiger charge is -2.04. The maximum Gasteiger partial charge on any atom is 0.275 e. The Hall–Kier alpha value is -3.84. The Kier molecular flexibility index (Phi) is 4.34. The quantitative estimate of drug-likeness (QED) is 0.473. The number of aromatic nitrogens is 4. The number of nitrogens with one attached hydrogen (secondary N) is 1. The highest BCUT2D eigenvalue weighted by molar-refractivity contribution is 7.13. The Morgan fingerprint density at radius 3 is 2.83 bits per heavy atom. The molecule has 0 aliphatic rings. The molecule has 0 fully saturated rings. The van der Waals surface area contributed by atoms with E-state index in [4.69, 9.17) is 0 Å². The van der Waals surface area contributed by atoms with Crippen LogP contribution >= 0.6 is 11.3 Å². The van der Waals surface area contributed by atoms with Gasteiger partial charge in [-0.15, -0.1) is 11.3 Å². The predicted molar refractivity (Wildman–Crippen MR) is 114 cm³/mol. The first-order chi connectivity index (χ1) is 14.3. The second kappa shape index (κ2) is 7.29.